The number of hydrogen-bond donors (Lipinski definition) is 2. The number of rotatable bonds is 13. The van der Waals surface area contributed by atoms with Crippen LogP contribution in [-0.2, 0) is 33.7 Å². The highest BCUT2D eigenvalue weighted by atomic mass is 35.5. The predicted molar refractivity (Wildman–Crippen MR) is 213 cm³/mol. The zero-order chi connectivity index (χ0) is 44.2. The number of carbonyl (C=O) groups is 1. The summed E-state index contributed by atoms with van der Waals surface area (Å²) in [6, 6.07) is 2.97. The number of hydrazone groups is 1. The van der Waals surface area contributed by atoms with Crippen LogP contribution in [0.15, 0.2) is 57.4 Å². The Kier molecular flexibility index (Phi) is 10.0. The smallest absolute Gasteiger partial charge is 0.293 e. The number of nitrogens with one attached hydrogen (secondary N) is 2. The number of carbonyl (C=O) groups excluding carboxylic acids is 1. The van der Waals surface area contributed by atoms with Crippen LogP contribution in [0.25, 0.3) is 16.7 Å². The number of allylic oxidation sites excluding steroid dienone is 2. The summed E-state index contributed by atoms with van der Waals surface area (Å²) in [5.41, 5.74) is -4.18. The van der Waals surface area contributed by atoms with Crippen LogP contribution in [0.5, 0.6) is 5.88 Å². The van der Waals surface area contributed by atoms with Crippen LogP contribution >= 0.6 is 11.6 Å². The number of fused-ring (bicyclic) bond motifs is 5. The van der Waals surface area contributed by atoms with Gasteiger partial charge >= 0.3 is 0 Å². The van der Waals surface area contributed by atoms with E-state index in [2.05, 4.69) is 25.2 Å². The van der Waals surface area contributed by atoms with E-state index in [1.807, 2.05) is 0 Å². The van der Waals surface area contributed by atoms with Crippen LogP contribution < -0.4 is 20.3 Å². The topological polar surface area (TPSA) is 166 Å². The number of hydrogen-bond acceptors (Lipinski definition) is 10. The maximum absolute atomic E-state index is 15.5. The third kappa shape index (κ3) is 7.29. The van der Waals surface area contributed by atoms with E-state index in [1.165, 1.54) is 36.3 Å². The van der Waals surface area contributed by atoms with Gasteiger partial charge in [-0.2, -0.15) is 24.0 Å². The fourth-order valence-electron chi connectivity index (χ4n) is 8.97. The number of sulfonamides is 1. The van der Waals surface area contributed by atoms with E-state index in [0.717, 1.165) is 42.2 Å². The molecule has 14 nitrogen and oxygen atoms in total. The second kappa shape index (κ2) is 14.8. The first-order valence-electron chi connectivity index (χ1n) is 19.7. The zero-order valence-corrected chi connectivity index (χ0v) is 34.8. The van der Waals surface area contributed by atoms with Gasteiger partial charge in [-0.25, -0.2) is 31.0 Å². The number of pyridine rings is 1. The molecule has 3 aromatic heterocycles. The van der Waals surface area contributed by atoms with E-state index in [9.17, 15) is 35.6 Å². The Bertz CT molecular complexity index is 2810. The van der Waals surface area contributed by atoms with Crippen LogP contribution in [0, 0.1) is 28.9 Å². The highest BCUT2D eigenvalue weighted by molar-refractivity contribution is 7.89. The Labute approximate surface area is 354 Å². The van der Waals surface area contributed by atoms with Crippen molar-refractivity contribution in [3.8, 4) is 5.88 Å². The number of amides is 1. The third-order valence-corrected chi connectivity index (χ3v) is 13.1. The molecule has 62 heavy (non-hydrogen) atoms. The number of halogens is 7. The molecule has 22 heteroatoms. The minimum absolute atomic E-state index is 0.00131. The van der Waals surface area contributed by atoms with Gasteiger partial charge in [-0.3, -0.25) is 28.6 Å². The van der Waals surface area contributed by atoms with Gasteiger partial charge in [0.05, 0.1) is 35.4 Å². The third-order valence-electron chi connectivity index (χ3n) is 12.1. The maximum atomic E-state index is 15.5. The number of amidine groups is 1. The Morgan fingerprint density at radius 1 is 1.10 bits per heavy atom. The van der Waals surface area contributed by atoms with Crippen molar-refractivity contribution in [2.45, 2.75) is 75.9 Å². The summed E-state index contributed by atoms with van der Waals surface area (Å²) in [5, 5.41) is 12.3. The number of likely N-dealkylation sites (N-methyl/N-ethyl adjacent to an activating group) is 1. The molecule has 0 bridgehead atoms. The van der Waals surface area contributed by atoms with E-state index in [4.69, 9.17) is 21.3 Å². The van der Waals surface area contributed by atoms with Gasteiger partial charge in [0.2, 0.25) is 21.8 Å². The molecular formula is C40H38ClF6N9O5S. The Balaban J connectivity index is 1.19. The molecule has 0 radical (unpaired) electrons. The molecule has 4 heterocycles. The van der Waals surface area contributed by atoms with Crippen molar-refractivity contribution >= 4 is 50.1 Å². The first-order chi connectivity index (χ1) is 29.2. The van der Waals surface area contributed by atoms with Gasteiger partial charge in [0.1, 0.15) is 47.3 Å². The van der Waals surface area contributed by atoms with Crippen molar-refractivity contribution in [2.24, 2.45) is 22.4 Å². The van der Waals surface area contributed by atoms with Gasteiger partial charge in [-0.05, 0) is 67.5 Å². The molecule has 5 aliphatic rings. The highest BCUT2D eigenvalue weighted by Crippen LogP contribution is 2.68. The zero-order valence-electron chi connectivity index (χ0n) is 33.2. The number of alkyl halides is 4. The van der Waals surface area contributed by atoms with Gasteiger partial charge < -0.3 is 10.1 Å². The molecule has 2 fully saturated rings. The average Bonchev–Trinajstić information content (AvgIpc) is 4.09. The molecular weight excluding hydrogens is 868 g/mol. The summed E-state index contributed by atoms with van der Waals surface area (Å²) >= 11 is 6.81. The van der Waals surface area contributed by atoms with Crippen LogP contribution in [0.3, 0.4) is 0 Å². The molecule has 328 valence electrons. The Morgan fingerprint density at radius 2 is 1.82 bits per heavy atom. The summed E-state index contributed by atoms with van der Waals surface area (Å²) < 4.78 is 124. The van der Waals surface area contributed by atoms with Crippen LogP contribution in [0.4, 0.5) is 26.3 Å². The molecule has 9 rings (SSSR count). The minimum Gasteiger partial charge on any atom is -0.478 e. The molecule has 2 unspecified atom stereocenters. The molecule has 2 N–H and O–H groups in total. The Hall–Kier alpha value is -5.44. The van der Waals surface area contributed by atoms with E-state index in [-0.39, 0.29) is 56.9 Å². The van der Waals surface area contributed by atoms with Crippen molar-refractivity contribution in [2.75, 3.05) is 19.9 Å². The normalized spacial score (nSPS) is 24.0. The lowest BCUT2D eigenvalue weighted by Gasteiger charge is -2.39. The maximum Gasteiger partial charge on any atom is 0.293 e. The van der Waals surface area contributed by atoms with Crippen molar-refractivity contribution in [1.29, 1.82) is 0 Å². The lowest BCUT2D eigenvalue weighted by atomic mass is 9.76. The van der Waals surface area contributed by atoms with Gasteiger partial charge in [0.25, 0.3) is 17.9 Å². The number of aromatic nitrogens is 5. The molecule has 5 atom stereocenters. The molecule has 1 aliphatic heterocycles. The Morgan fingerprint density at radius 3 is 2.50 bits per heavy atom. The van der Waals surface area contributed by atoms with E-state index in [0.29, 0.717) is 23.3 Å². The highest BCUT2D eigenvalue weighted by Gasteiger charge is 2.67. The summed E-state index contributed by atoms with van der Waals surface area (Å²) in [7, 11) is -2.40. The van der Waals surface area contributed by atoms with Gasteiger partial charge in [-0.1, -0.05) is 24.4 Å². The molecule has 0 spiro atoms. The quantitative estimate of drug-likeness (QED) is 0.157. The summed E-state index contributed by atoms with van der Waals surface area (Å²) in [5.74, 6) is -8.26. The molecule has 1 aromatic carbocycles. The molecule has 4 aliphatic carbocycles. The second-order valence-electron chi connectivity index (χ2n) is 16.6. The van der Waals surface area contributed by atoms with E-state index < -0.39 is 99.2 Å². The van der Waals surface area contributed by atoms with E-state index >= 15 is 8.78 Å². The average molecular weight is 906 g/mol. The predicted octanol–water partition coefficient (Wildman–Crippen LogP) is 5.85. The number of nitrogens with zero attached hydrogens (tertiary/aromatic N) is 7. The van der Waals surface area contributed by atoms with Gasteiger partial charge in [-0.15, -0.1) is 0 Å². The van der Waals surface area contributed by atoms with Gasteiger partial charge in [0, 0.05) is 42.1 Å². The van der Waals surface area contributed by atoms with Crippen molar-refractivity contribution in [1.82, 2.24) is 39.4 Å². The summed E-state index contributed by atoms with van der Waals surface area (Å²) in [6.07, 6.45) is 3.11. The van der Waals surface area contributed by atoms with Crippen molar-refractivity contribution < 1.29 is 44.3 Å². The van der Waals surface area contributed by atoms with Crippen molar-refractivity contribution in [3.05, 3.63) is 97.8 Å². The van der Waals surface area contributed by atoms with Crippen molar-refractivity contribution in [3.63, 3.8) is 0 Å². The van der Waals surface area contributed by atoms with Gasteiger partial charge in [0.15, 0.2) is 5.65 Å². The molecule has 0 saturated heterocycles. The minimum atomic E-state index is -3.91. The molecule has 2 saturated carbocycles. The van der Waals surface area contributed by atoms with Crippen LogP contribution in [0.2, 0.25) is 0 Å². The lowest BCUT2D eigenvalue weighted by molar-refractivity contribution is -0.123. The molecule has 4 aromatic rings. The van der Waals surface area contributed by atoms with Crippen LogP contribution in [0.1, 0.15) is 79.3 Å². The largest absolute Gasteiger partial charge is 0.478 e. The number of benzene rings is 1. The summed E-state index contributed by atoms with van der Waals surface area (Å²) in [4.78, 5) is 38.4. The SMILES string of the molecule is CN1N=C(NS(C)(=O)=O)C2(C)C(Cl)=CC=C(n3c([C@H](Cc4cc(F)cc(F)c4)NC(=O)Cn4nc(C(F)F)c5c4C(F)(F)[C@@H]4C[C@H]54)nc4nc(OCCC5CC5)ccc4c3=O)C12. The van der Waals surface area contributed by atoms with E-state index in [1.54, 1.807) is 6.92 Å². The summed E-state index contributed by atoms with van der Waals surface area (Å²) in [6.45, 7) is 0.949. The standard InChI is InChI=1S/C40H38ClF6N9O5S/c1-39-27(41)8-7-26(32(39)54(2)52-38(39)53-62(3,59)60)56-36(50-35-22(37(56)58)6-9-29(49-35)61-11-10-18-4-5-18)25(14-19-12-20(42)15-21(43)13-19)48-28(57)17-55-33-30(31(51-55)34(44)45)23-16-24(23)40(33,46)47/h6-9,12-13,15,18,23-25,32,34H,4-5,10-11,14,16-17H2,1-3H3,(H,48,57)(H,52,53)/t23-,24+,25-,32?,39?/m0/s1. The second-order valence-corrected chi connectivity index (χ2v) is 18.8. The molecule has 1 amide bonds. The lowest BCUT2D eigenvalue weighted by Crippen LogP contribution is -2.50. The number of ether oxygens (including phenoxy) is 1. The fourth-order valence-corrected chi connectivity index (χ4v) is 9.83. The first kappa shape index (κ1) is 41.9. The monoisotopic (exact) mass is 905 g/mol. The first-order valence-corrected chi connectivity index (χ1v) is 22.0. The van der Waals surface area contributed by atoms with Crippen LogP contribution in [-0.4, -0.2) is 75.4 Å². The fraction of sp³-hybridized carbons (Fsp3) is 0.450.